The Bertz CT molecular complexity index is 487. The van der Waals surface area contributed by atoms with Gasteiger partial charge in [0.2, 0.25) is 11.8 Å². The molecule has 5 heteroatoms. The third-order valence-electron chi connectivity index (χ3n) is 3.84. The van der Waals surface area contributed by atoms with Crippen LogP contribution in [0.3, 0.4) is 0 Å². The number of hydrogen-bond acceptors (Lipinski definition) is 3. The van der Waals surface area contributed by atoms with Crippen LogP contribution in [0.15, 0.2) is 30.3 Å². The van der Waals surface area contributed by atoms with Crippen molar-refractivity contribution >= 4 is 23.6 Å². The Morgan fingerprint density at radius 2 is 1.82 bits per heavy atom. The maximum absolute atomic E-state index is 12.0. The molecule has 2 amide bonds. The molecule has 1 aromatic rings. The number of nitrogens with zero attached hydrogens (tertiary/aromatic N) is 1. The van der Waals surface area contributed by atoms with Crippen LogP contribution in [0.5, 0.6) is 0 Å². The van der Waals surface area contributed by atoms with E-state index in [2.05, 4.69) is 5.32 Å². The smallest absolute Gasteiger partial charge is 0.232 e. The number of likely N-dealkylation sites (tertiary alicyclic amines) is 1. The third kappa shape index (κ3) is 5.37. The van der Waals surface area contributed by atoms with Gasteiger partial charge in [-0.25, -0.2) is 0 Å². The van der Waals surface area contributed by atoms with Gasteiger partial charge in [-0.2, -0.15) is 0 Å². The molecule has 0 unspecified atom stereocenters. The minimum Gasteiger partial charge on any atom is -0.349 e. The fraction of sp³-hybridized carbons (Fsp3) is 0.529. The van der Waals surface area contributed by atoms with Crippen molar-refractivity contribution in [3.05, 3.63) is 35.9 Å². The summed E-state index contributed by atoms with van der Waals surface area (Å²) in [6.07, 6.45) is 3.42. The second-order valence-electron chi connectivity index (χ2n) is 5.63. The van der Waals surface area contributed by atoms with E-state index in [4.69, 9.17) is 0 Å². The molecule has 1 fully saturated rings. The minimum atomic E-state index is -0.0206. The molecule has 0 aromatic heterocycles. The SMILES string of the molecule is C[C@@H](NC(=O)CSCC(=O)N1CCCCC1)c1ccccc1. The topological polar surface area (TPSA) is 49.4 Å². The molecule has 4 nitrogen and oxygen atoms in total. The maximum Gasteiger partial charge on any atom is 0.232 e. The second kappa shape index (κ2) is 8.83. The quantitative estimate of drug-likeness (QED) is 0.876. The Hall–Kier alpha value is -1.49. The number of nitrogens with one attached hydrogen (secondary N) is 1. The Kier molecular flexibility index (Phi) is 6.77. The van der Waals surface area contributed by atoms with Crippen LogP contribution < -0.4 is 5.32 Å². The zero-order chi connectivity index (χ0) is 15.8. The Morgan fingerprint density at radius 1 is 1.14 bits per heavy atom. The molecule has 1 saturated heterocycles. The third-order valence-corrected chi connectivity index (χ3v) is 4.76. The summed E-state index contributed by atoms with van der Waals surface area (Å²) in [4.78, 5) is 25.8. The van der Waals surface area contributed by atoms with E-state index in [0.29, 0.717) is 11.5 Å². The molecule has 1 aliphatic rings. The normalized spacial score (nSPS) is 16.1. The van der Waals surface area contributed by atoms with E-state index >= 15 is 0 Å². The standard InChI is InChI=1S/C17H24N2O2S/c1-14(15-8-4-2-5-9-15)18-16(20)12-22-13-17(21)19-10-6-3-7-11-19/h2,4-5,8-9,14H,3,6-7,10-13H2,1H3,(H,18,20)/t14-/m1/s1. The van der Waals surface area contributed by atoms with Gasteiger partial charge in [0.1, 0.15) is 0 Å². The van der Waals surface area contributed by atoms with Crippen LogP contribution in [-0.2, 0) is 9.59 Å². The van der Waals surface area contributed by atoms with Gasteiger partial charge < -0.3 is 10.2 Å². The van der Waals surface area contributed by atoms with Crippen LogP contribution in [0.2, 0.25) is 0 Å². The molecule has 1 N–H and O–H groups in total. The molecule has 2 rings (SSSR count). The first-order valence-electron chi connectivity index (χ1n) is 7.86. The fourth-order valence-corrected chi connectivity index (χ4v) is 3.30. The minimum absolute atomic E-state index is 0.00732. The lowest BCUT2D eigenvalue weighted by molar-refractivity contribution is -0.129. The number of rotatable bonds is 6. The molecule has 1 atom stereocenters. The summed E-state index contributed by atoms with van der Waals surface area (Å²) in [6.45, 7) is 3.71. The van der Waals surface area contributed by atoms with Crippen molar-refractivity contribution in [2.45, 2.75) is 32.2 Å². The summed E-state index contributed by atoms with van der Waals surface area (Å²) in [5.41, 5.74) is 1.09. The molecule has 1 aromatic carbocycles. The van der Waals surface area contributed by atoms with Gasteiger partial charge in [0, 0.05) is 13.1 Å². The summed E-state index contributed by atoms with van der Waals surface area (Å²) in [5.74, 6) is 0.866. The van der Waals surface area contributed by atoms with E-state index in [1.807, 2.05) is 42.2 Å². The number of amides is 2. The largest absolute Gasteiger partial charge is 0.349 e. The van der Waals surface area contributed by atoms with Crippen molar-refractivity contribution in [1.29, 1.82) is 0 Å². The van der Waals surface area contributed by atoms with Gasteiger partial charge >= 0.3 is 0 Å². The van der Waals surface area contributed by atoms with E-state index in [1.165, 1.54) is 18.2 Å². The van der Waals surface area contributed by atoms with Gasteiger partial charge in [-0.3, -0.25) is 9.59 Å². The number of thioether (sulfide) groups is 1. The van der Waals surface area contributed by atoms with Gasteiger partial charge in [-0.1, -0.05) is 30.3 Å². The summed E-state index contributed by atoms with van der Waals surface area (Å²) >= 11 is 1.40. The second-order valence-corrected chi connectivity index (χ2v) is 6.62. The number of piperidine rings is 1. The van der Waals surface area contributed by atoms with Gasteiger partial charge in [-0.05, 0) is 31.7 Å². The van der Waals surface area contributed by atoms with Gasteiger partial charge in [0.15, 0.2) is 0 Å². The first kappa shape index (κ1) is 16.9. The number of carbonyl (C=O) groups is 2. The van der Waals surface area contributed by atoms with Crippen LogP contribution in [0.4, 0.5) is 0 Å². The average molecular weight is 320 g/mol. The van der Waals surface area contributed by atoms with Crippen molar-refractivity contribution in [3.63, 3.8) is 0 Å². The highest BCUT2D eigenvalue weighted by molar-refractivity contribution is 8.00. The lowest BCUT2D eigenvalue weighted by atomic mass is 10.1. The molecule has 120 valence electrons. The number of benzene rings is 1. The van der Waals surface area contributed by atoms with Gasteiger partial charge in [0.25, 0.3) is 0 Å². The zero-order valence-corrected chi connectivity index (χ0v) is 13.9. The highest BCUT2D eigenvalue weighted by Crippen LogP contribution is 2.13. The summed E-state index contributed by atoms with van der Waals surface area (Å²) < 4.78 is 0. The molecule has 0 spiro atoms. The highest BCUT2D eigenvalue weighted by Gasteiger charge is 2.17. The molecular weight excluding hydrogens is 296 g/mol. The summed E-state index contributed by atoms with van der Waals surface area (Å²) in [6, 6.07) is 9.87. The molecule has 0 aliphatic carbocycles. The van der Waals surface area contributed by atoms with Crippen LogP contribution in [0.1, 0.15) is 37.8 Å². The van der Waals surface area contributed by atoms with Crippen molar-refractivity contribution in [1.82, 2.24) is 10.2 Å². The molecule has 22 heavy (non-hydrogen) atoms. The Morgan fingerprint density at radius 3 is 2.50 bits per heavy atom. The molecule has 1 aliphatic heterocycles. The Balaban J connectivity index is 1.66. The maximum atomic E-state index is 12.0. The van der Waals surface area contributed by atoms with Crippen LogP contribution >= 0.6 is 11.8 Å². The molecule has 0 saturated carbocycles. The molecule has 0 bridgehead atoms. The van der Waals surface area contributed by atoms with Crippen molar-refractivity contribution < 1.29 is 9.59 Å². The van der Waals surface area contributed by atoms with Gasteiger partial charge in [0.05, 0.1) is 17.5 Å². The molecule has 1 heterocycles. The van der Waals surface area contributed by atoms with E-state index in [1.54, 1.807) is 0 Å². The zero-order valence-electron chi connectivity index (χ0n) is 13.1. The first-order valence-corrected chi connectivity index (χ1v) is 9.02. The summed E-state index contributed by atoms with van der Waals surface area (Å²) in [5, 5.41) is 2.96. The molecular formula is C17H24N2O2S. The monoisotopic (exact) mass is 320 g/mol. The van der Waals surface area contributed by atoms with Crippen molar-refractivity contribution in [3.8, 4) is 0 Å². The van der Waals surface area contributed by atoms with Crippen molar-refractivity contribution in [2.24, 2.45) is 0 Å². The Labute approximate surface area is 136 Å². The first-order chi connectivity index (χ1) is 10.7. The predicted octanol–water partition coefficient (Wildman–Crippen LogP) is 2.61. The van der Waals surface area contributed by atoms with E-state index < -0.39 is 0 Å². The average Bonchev–Trinajstić information content (AvgIpc) is 2.56. The van der Waals surface area contributed by atoms with E-state index in [0.717, 1.165) is 31.5 Å². The number of hydrogen-bond donors (Lipinski definition) is 1. The van der Waals surface area contributed by atoms with Crippen molar-refractivity contribution in [2.75, 3.05) is 24.6 Å². The van der Waals surface area contributed by atoms with Crippen LogP contribution in [0.25, 0.3) is 0 Å². The van der Waals surface area contributed by atoms with Crippen LogP contribution in [0, 0.1) is 0 Å². The summed E-state index contributed by atoms with van der Waals surface area (Å²) in [7, 11) is 0. The van der Waals surface area contributed by atoms with Gasteiger partial charge in [-0.15, -0.1) is 11.8 Å². The predicted molar refractivity (Wildman–Crippen MR) is 90.8 cm³/mol. The molecule has 0 radical (unpaired) electrons. The van der Waals surface area contributed by atoms with Crippen LogP contribution in [-0.4, -0.2) is 41.3 Å². The lowest BCUT2D eigenvalue weighted by Gasteiger charge is -2.26. The van der Waals surface area contributed by atoms with E-state index in [-0.39, 0.29) is 17.9 Å². The lowest BCUT2D eigenvalue weighted by Crippen LogP contribution is -2.37. The fourth-order valence-electron chi connectivity index (χ4n) is 2.57. The van der Waals surface area contributed by atoms with E-state index in [9.17, 15) is 9.59 Å². The highest BCUT2D eigenvalue weighted by atomic mass is 32.2. The number of carbonyl (C=O) groups excluding carboxylic acids is 2.